The second-order valence-electron chi connectivity index (χ2n) is 4.78. The fourth-order valence-corrected chi connectivity index (χ4v) is 2.41. The Kier molecular flexibility index (Phi) is 4.39. The number of amides is 1. The molecular weight excluding hydrogens is 260 g/mol. The van der Waals surface area contributed by atoms with E-state index in [4.69, 9.17) is 4.74 Å². The Balaban J connectivity index is 2.24. The summed E-state index contributed by atoms with van der Waals surface area (Å²) in [5, 5.41) is 9.95. The van der Waals surface area contributed by atoms with Crippen LogP contribution in [0.5, 0.6) is 0 Å². The fourth-order valence-electron chi connectivity index (χ4n) is 2.41. The van der Waals surface area contributed by atoms with Gasteiger partial charge in [-0.3, -0.25) is 9.89 Å². The van der Waals surface area contributed by atoms with E-state index in [1.807, 2.05) is 0 Å². The van der Waals surface area contributed by atoms with Gasteiger partial charge in [0.05, 0.1) is 17.9 Å². The van der Waals surface area contributed by atoms with Gasteiger partial charge in [-0.25, -0.2) is 4.79 Å². The Bertz CT molecular complexity index is 492. The molecule has 1 fully saturated rings. The number of rotatable bonds is 3. The number of nitrogens with one attached hydrogen (secondary N) is 2. The van der Waals surface area contributed by atoms with E-state index in [0.29, 0.717) is 43.2 Å². The van der Waals surface area contributed by atoms with Crippen LogP contribution >= 0.6 is 0 Å². The SMILES string of the molecule is CCOC(=O)C1CNCCN1C(=O)c1c(C)n[nH]c1C. The summed E-state index contributed by atoms with van der Waals surface area (Å²) in [7, 11) is 0. The van der Waals surface area contributed by atoms with E-state index in [9.17, 15) is 9.59 Å². The van der Waals surface area contributed by atoms with Gasteiger partial charge in [0.25, 0.3) is 5.91 Å². The maximum Gasteiger partial charge on any atom is 0.330 e. The zero-order chi connectivity index (χ0) is 14.7. The van der Waals surface area contributed by atoms with Crippen molar-refractivity contribution in [2.75, 3.05) is 26.2 Å². The zero-order valence-electron chi connectivity index (χ0n) is 12.0. The van der Waals surface area contributed by atoms with E-state index in [1.165, 1.54) is 0 Å². The van der Waals surface area contributed by atoms with Gasteiger partial charge in [0.1, 0.15) is 6.04 Å². The topological polar surface area (TPSA) is 87.3 Å². The van der Waals surface area contributed by atoms with Crippen molar-refractivity contribution in [2.45, 2.75) is 26.8 Å². The average molecular weight is 280 g/mol. The molecule has 1 saturated heterocycles. The number of esters is 1. The van der Waals surface area contributed by atoms with Crippen molar-refractivity contribution in [2.24, 2.45) is 0 Å². The molecule has 0 saturated carbocycles. The van der Waals surface area contributed by atoms with Crippen LogP contribution in [0.2, 0.25) is 0 Å². The maximum absolute atomic E-state index is 12.7. The zero-order valence-corrected chi connectivity index (χ0v) is 12.0. The summed E-state index contributed by atoms with van der Waals surface area (Å²) in [5.41, 5.74) is 1.91. The predicted molar refractivity (Wildman–Crippen MR) is 72.4 cm³/mol. The number of aromatic amines is 1. The first kappa shape index (κ1) is 14.5. The van der Waals surface area contributed by atoms with E-state index >= 15 is 0 Å². The van der Waals surface area contributed by atoms with Crippen LogP contribution in [0.3, 0.4) is 0 Å². The lowest BCUT2D eigenvalue weighted by atomic mass is 10.1. The number of hydrogen-bond donors (Lipinski definition) is 2. The van der Waals surface area contributed by atoms with Crippen LogP contribution in [-0.4, -0.2) is 59.3 Å². The summed E-state index contributed by atoms with van der Waals surface area (Å²) in [5.74, 6) is -0.542. The monoisotopic (exact) mass is 280 g/mol. The van der Waals surface area contributed by atoms with Gasteiger partial charge >= 0.3 is 5.97 Å². The number of carbonyl (C=O) groups excluding carboxylic acids is 2. The number of aromatic nitrogens is 2. The molecule has 7 nitrogen and oxygen atoms in total. The highest BCUT2D eigenvalue weighted by atomic mass is 16.5. The lowest BCUT2D eigenvalue weighted by Crippen LogP contribution is -2.57. The van der Waals surface area contributed by atoms with Crippen LogP contribution in [0, 0.1) is 13.8 Å². The average Bonchev–Trinajstić information content (AvgIpc) is 2.78. The summed E-state index contributed by atoms with van der Waals surface area (Å²) in [6.07, 6.45) is 0. The second-order valence-corrected chi connectivity index (χ2v) is 4.78. The molecule has 1 aliphatic heterocycles. The molecule has 2 heterocycles. The molecule has 0 aliphatic carbocycles. The van der Waals surface area contributed by atoms with Crippen molar-refractivity contribution in [3.8, 4) is 0 Å². The number of aryl methyl sites for hydroxylation is 2. The summed E-state index contributed by atoms with van der Waals surface area (Å²) in [6.45, 7) is 7.20. The van der Waals surface area contributed by atoms with Gasteiger partial charge in [-0.1, -0.05) is 0 Å². The first-order valence-electron chi connectivity index (χ1n) is 6.76. The van der Waals surface area contributed by atoms with Gasteiger partial charge in [0, 0.05) is 25.3 Å². The Morgan fingerprint density at radius 3 is 2.80 bits per heavy atom. The minimum Gasteiger partial charge on any atom is -0.464 e. The lowest BCUT2D eigenvalue weighted by Gasteiger charge is -2.34. The Labute approximate surface area is 117 Å². The molecule has 20 heavy (non-hydrogen) atoms. The van der Waals surface area contributed by atoms with Gasteiger partial charge in [0.15, 0.2) is 0 Å². The number of H-pyrrole nitrogens is 1. The molecule has 1 aliphatic rings. The quantitative estimate of drug-likeness (QED) is 0.761. The Morgan fingerprint density at radius 2 is 2.20 bits per heavy atom. The molecule has 1 amide bonds. The van der Waals surface area contributed by atoms with Gasteiger partial charge in [0.2, 0.25) is 0 Å². The second kappa shape index (κ2) is 6.04. The van der Waals surface area contributed by atoms with Gasteiger partial charge < -0.3 is 15.0 Å². The molecule has 0 radical (unpaired) electrons. The number of piperazine rings is 1. The molecule has 1 aromatic heterocycles. The van der Waals surface area contributed by atoms with Gasteiger partial charge in [-0.2, -0.15) is 5.10 Å². The Hall–Kier alpha value is -1.89. The first-order chi connectivity index (χ1) is 9.56. The van der Waals surface area contributed by atoms with Crippen molar-refractivity contribution in [1.82, 2.24) is 20.4 Å². The molecule has 0 aromatic carbocycles. The highest BCUT2D eigenvalue weighted by Crippen LogP contribution is 2.16. The van der Waals surface area contributed by atoms with E-state index < -0.39 is 6.04 Å². The standard InChI is InChI=1S/C13H20N4O3/c1-4-20-13(19)10-7-14-5-6-17(10)12(18)11-8(2)15-16-9(11)3/h10,14H,4-7H2,1-3H3,(H,15,16). The third-order valence-corrected chi connectivity index (χ3v) is 3.40. The van der Waals surface area contributed by atoms with Crippen molar-refractivity contribution in [3.05, 3.63) is 17.0 Å². The van der Waals surface area contributed by atoms with Crippen molar-refractivity contribution < 1.29 is 14.3 Å². The normalized spacial score (nSPS) is 18.9. The summed E-state index contributed by atoms with van der Waals surface area (Å²) in [6, 6.07) is -0.579. The third kappa shape index (κ3) is 2.67. The van der Waals surface area contributed by atoms with Crippen LogP contribution in [0.15, 0.2) is 0 Å². The van der Waals surface area contributed by atoms with Crippen molar-refractivity contribution in [3.63, 3.8) is 0 Å². The number of ether oxygens (including phenoxy) is 1. The lowest BCUT2D eigenvalue weighted by molar-refractivity contribution is -0.149. The van der Waals surface area contributed by atoms with Crippen molar-refractivity contribution >= 4 is 11.9 Å². The third-order valence-electron chi connectivity index (χ3n) is 3.40. The molecule has 2 N–H and O–H groups in total. The fraction of sp³-hybridized carbons (Fsp3) is 0.615. The Morgan fingerprint density at radius 1 is 1.45 bits per heavy atom. The summed E-state index contributed by atoms with van der Waals surface area (Å²) < 4.78 is 5.04. The minimum absolute atomic E-state index is 0.173. The van der Waals surface area contributed by atoms with Crippen molar-refractivity contribution in [1.29, 1.82) is 0 Å². The van der Waals surface area contributed by atoms with E-state index in [2.05, 4.69) is 15.5 Å². The number of nitrogens with zero attached hydrogens (tertiary/aromatic N) is 2. The van der Waals surface area contributed by atoms with Crippen LogP contribution in [0.4, 0.5) is 0 Å². The van der Waals surface area contributed by atoms with E-state index in [0.717, 1.165) is 0 Å². The summed E-state index contributed by atoms with van der Waals surface area (Å²) in [4.78, 5) is 26.2. The molecule has 1 unspecified atom stereocenters. The number of hydrogen-bond acceptors (Lipinski definition) is 5. The van der Waals surface area contributed by atoms with Crippen LogP contribution in [0.25, 0.3) is 0 Å². The highest BCUT2D eigenvalue weighted by Gasteiger charge is 2.35. The molecular formula is C13H20N4O3. The summed E-state index contributed by atoms with van der Waals surface area (Å²) >= 11 is 0. The molecule has 1 atom stereocenters. The van der Waals surface area contributed by atoms with Crippen LogP contribution in [-0.2, 0) is 9.53 Å². The molecule has 2 rings (SSSR count). The highest BCUT2D eigenvalue weighted by molar-refractivity contribution is 5.98. The molecule has 110 valence electrons. The smallest absolute Gasteiger partial charge is 0.330 e. The molecule has 1 aromatic rings. The van der Waals surface area contributed by atoms with E-state index in [1.54, 1.807) is 25.7 Å². The first-order valence-corrected chi connectivity index (χ1v) is 6.76. The van der Waals surface area contributed by atoms with Crippen LogP contribution in [0.1, 0.15) is 28.7 Å². The molecule has 0 spiro atoms. The largest absolute Gasteiger partial charge is 0.464 e. The van der Waals surface area contributed by atoms with Crippen LogP contribution < -0.4 is 5.32 Å². The van der Waals surface area contributed by atoms with Gasteiger partial charge in [-0.15, -0.1) is 0 Å². The number of carbonyl (C=O) groups is 2. The van der Waals surface area contributed by atoms with E-state index in [-0.39, 0.29) is 11.9 Å². The van der Waals surface area contributed by atoms with Gasteiger partial charge in [-0.05, 0) is 20.8 Å². The molecule has 7 heteroatoms. The molecule has 0 bridgehead atoms. The maximum atomic E-state index is 12.7. The minimum atomic E-state index is -0.579. The predicted octanol–water partition coefficient (Wildman–Crippen LogP) is 0.00364.